The van der Waals surface area contributed by atoms with E-state index in [0.29, 0.717) is 6.54 Å². The highest BCUT2D eigenvalue weighted by atomic mass is 16.5. The number of pyridine rings is 1. The summed E-state index contributed by atoms with van der Waals surface area (Å²) in [6, 6.07) is 15.6. The first kappa shape index (κ1) is 14.2. The van der Waals surface area contributed by atoms with Crippen molar-refractivity contribution in [3.05, 3.63) is 66.0 Å². The number of carbonyl (C=O) groups is 1. The fraction of sp³-hybridized carbons (Fsp3) is 0.250. The average molecular weight is 270 g/mol. The second-order valence-corrected chi connectivity index (χ2v) is 4.45. The molecule has 104 valence electrons. The van der Waals surface area contributed by atoms with Crippen LogP contribution in [0, 0.1) is 0 Å². The highest BCUT2D eigenvalue weighted by Crippen LogP contribution is 2.15. The van der Waals surface area contributed by atoms with Gasteiger partial charge in [0.25, 0.3) is 0 Å². The normalized spacial score (nSPS) is 11.8. The van der Waals surface area contributed by atoms with E-state index in [4.69, 9.17) is 4.74 Å². The summed E-state index contributed by atoms with van der Waals surface area (Å²) in [6.07, 6.45) is 1.99. The minimum atomic E-state index is -0.249. The molecule has 1 heterocycles. The Morgan fingerprint density at radius 1 is 1.20 bits per heavy atom. The second-order valence-electron chi connectivity index (χ2n) is 4.45. The van der Waals surface area contributed by atoms with Crippen molar-refractivity contribution in [2.75, 3.05) is 7.11 Å². The number of nitrogens with zero attached hydrogens (tertiary/aromatic N) is 1. The fourth-order valence-electron chi connectivity index (χ4n) is 1.95. The van der Waals surface area contributed by atoms with Gasteiger partial charge in [-0.05, 0) is 17.7 Å². The molecule has 0 radical (unpaired) electrons. The first-order valence-electron chi connectivity index (χ1n) is 6.54. The van der Waals surface area contributed by atoms with E-state index >= 15 is 0 Å². The Kier molecular flexibility index (Phi) is 5.26. The summed E-state index contributed by atoms with van der Waals surface area (Å²) in [6.45, 7) is 0.680. The van der Waals surface area contributed by atoms with Crippen molar-refractivity contribution < 1.29 is 9.53 Å². The van der Waals surface area contributed by atoms with Crippen molar-refractivity contribution in [3.8, 4) is 0 Å². The maximum Gasteiger partial charge on any atom is 0.307 e. The van der Waals surface area contributed by atoms with Gasteiger partial charge in [0.1, 0.15) is 0 Å². The molecule has 1 aromatic carbocycles. The molecule has 1 aromatic heterocycles. The Hall–Kier alpha value is -2.20. The predicted molar refractivity (Wildman–Crippen MR) is 76.9 cm³/mol. The Labute approximate surface area is 118 Å². The number of methoxy groups -OCH3 is 1. The van der Waals surface area contributed by atoms with Crippen LogP contribution in [0.2, 0.25) is 0 Å². The number of ether oxygens (including phenoxy) is 1. The standard InChI is InChI=1S/C16H18N2O2/c1-20-16(19)11-15(14-9-5-6-10-17-14)18-12-13-7-3-2-4-8-13/h2-10,15,18H,11-12H2,1H3. The fourth-order valence-corrected chi connectivity index (χ4v) is 1.95. The molecule has 0 saturated heterocycles. The lowest BCUT2D eigenvalue weighted by atomic mass is 10.1. The largest absolute Gasteiger partial charge is 0.469 e. The molecular formula is C16H18N2O2. The van der Waals surface area contributed by atoms with Gasteiger partial charge < -0.3 is 10.1 Å². The van der Waals surface area contributed by atoms with Crippen LogP contribution < -0.4 is 5.32 Å². The van der Waals surface area contributed by atoms with E-state index in [1.807, 2.05) is 48.5 Å². The molecule has 2 aromatic rings. The zero-order valence-electron chi connectivity index (χ0n) is 11.5. The number of rotatable bonds is 6. The third-order valence-corrected chi connectivity index (χ3v) is 3.04. The number of benzene rings is 1. The van der Waals surface area contributed by atoms with E-state index < -0.39 is 0 Å². The summed E-state index contributed by atoms with van der Waals surface area (Å²) in [5.74, 6) is -0.249. The smallest absolute Gasteiger partial charge is 0.307 e. The Bertz CT molecular complexity index is 529. The number of carbonyl (C=O) groups excluding carboxylic acids is 1. The van der Waals surface area contributed by atoms with Crippen molar-refractivity contribution in [1.29, 1.82) is 0 Å². The van der Waals surface area contributed by atoms with Crippen LogP contribution in [0.5, 0.6) is 0 Å². The zero-order chi connectivity index (χ0) is 14.2. The summed E-state index contributed by atoms with van der Waals surface area (Å²) in [4.78, 5) is 15.8. The molecule has 0 bridgehead atoms. The summed E-state index contributed by atoms with van der Waals surface area (Å²) >= 11 is 0. The van der Waals surface area contributed by atoms with E-state index in [1.54, 1.807) is 6.20 Å². The molecule has 0 saturated carbocycles. The Balaban J connectivity index is 2.05. The highest BCUT2D eigenvalue weighted by Gasteiger charge is 2.16. The van der Waals surface area contributed by atoms with E-state index in [9.17, 15) is 4.79 Å². The van der Waals surface area contributed by atoms with E-state index in [-0.39, 0.29) is 18.4 Å². The number of aromatic nitrogens is 1. The Morgan fingerprint density at radius 2 is 1.95 bits per heavy atom. The van der Waals surface area contributed by atoms with Crippen molar-refractivity contribution in [2.24, 2.45) is 0 Å². The van der Waals surface area contributed by atoms with Crippen LogP contribution >= 0.6 is 0 Å². The molecule has 1 unspecified atom stereocenters. The van der Waals surface area contributed by atoms with Crippen LogP contribution in [0.25, 0.3) is 0 Å². The molecule has 0 fully saturated rings. The molecule has 1 N–H and O–H groups in total. The summed E-state index contributed by atoms with van der Waals surface area (Å²) in [7, 11) is 1.40. The van der Waals surface area contributed by atoms with E-state index in [1.165, 1.54) is 12.7 Å². The van der Waals surface area contributed by atoms with E-state index in [0.717, 1.165) is 5.69 Å². The molecule has 4 heteroatoms. The topological polar surface area (TPSA) is 51.2 Å². The van der Waals surface area contributed by atoms with Crippen LogP contribution in [0.1, 0.15) is 23.7 Å². The average Bonchev–Trinajstić information content (AvgIpc) is 2.53. The van der Waals surface area contributed by atoms with Gasteiger partial charge in [0.05, 0.1) is 25.3 Å². The zero-order valence-corrected chi connectivity index (χ0v) is 11.5. The van der Waals surface area contributed by atoms with Gasteiger partial charge in [0, 0.05) is 12.7 Å². The quantitative estimate of drug-likeness (QED) is 0.819. The van der Waals surface area contributed by atoms with Crippen LogP contribution in [0.15, 0.2) is 54.7 Å². The maximum absolute atomic E-state index is 11.5. The lowest BCUT2D eigenvalue weighted by molar-refractivity contribution is -0.141. The molecule has 0 aliphatic heterocycles. The molecule has 2 rings (SSSR count). The van der Waals surface area contributed by atoms with Crippen LogP contribution in [0.3, 0.4) is 0 Å². The third kappa shape index (κ3) is 4.17. The summed E-state index contributed by atoms with van der Waals surface area (Å²) in [5, 5.41) is 3.35. The van der Waals surface area contributed by atoms with Crippen LogP contribution in [-0.4, -0.2) is 18.1 Å². The van der Waals surface area contributed by atoms with Crippen molar-refractivity contribution >= 4 is 5.97 Å². The van der Waals surface area contributed by atoms with Crippen molar-refractivity contribution in [1.82, 2.24) is 10.3 Å². The molecule has 0 aliphatic carbocycles. The number of nitrogens with one attached hydrogen (secondary N) is 1. The molecular weight excluding hydrogens is 252 g/mol. The molecule has 0 spiro atoms. The van der Waals surface area contributed by atoms with Gasteiger partial charge in [0.2, 0.25) is 0 Å². The minimum absolute atomic E-state index is 0.149. The third-order valence-electron chi connectivity index (χ3n) is 3.04. The van der Waals surface area contributed by atoms with Gasteiger partial charge in [-0.25, -0.2) is 0 Å². The molecule has 4 nitrogen and oxygen atoms in total. The highest BCUT2D eigenvalue weighted by molar-refractivity contribution is 5.70. The molecule has 0 amide bonds. The minimum Gasteiger partial charge on any atom is -0.469 e. The molecule has 0 aliphatic rings. The van der Waals surface area contributed by atoms with Gasteiger partial charge in [0.15, 0.2) is 0 Å². The molecule has 20 heavy (non-hydrogen) atoms. The first-order chi connectivity index (χ1) is 9.79. The van der Waals surface area contributed by atoms with Gasteiger partial charge in [-0.2, -0.15) is 0 Å². The van der Waals surface area contributed by atoms with Gasteiger partial charge in [-0.3, -0.25) is 9.78 Å². The number of hydrogen-bond donors (Lipinski definition) is 1. The Morgan fingerprint density at radius 3 is 2.60 bits per heavy atom. The number of esters is 1. The first-order valence-corrected chi connectivity index (χ1v) is 6.54. The molecule has 1 atom stereocenters. The monoisotopic (exact) mass is 270 g/mol. The number of hydrogen-bond acceptors (Lipinski definition) is 4. The SMILES string of the molecule is COC(=O)CC(NCc1ccccc1)c1ccccn1. The van der Waals surface area contributed by atoms with Crippen molar-refractivity contribution in [3.63, 3.8) is 0 Å². The van der Waals surface area contributed by atoms with Gasteiger partial charge >= 0.3 is 5.97 Å². The van der Waals surface area contributed by atoms with Crippen molar-refractivity contribution in [2.45, 2.75) is 19.0 Å². The van der Waals surface area contributed by atoms with Gasteiger partial charge in [-0.15, -0.1) is 0 Å². The predicted octanol–water partition coefficient (Wildman–Crippen LogP) is 2.48. The van der Waals surface area contributed by atoms with Crippen LogP contribution in [-0.2, 0) is 16.1 Å². The lowest BCUT2D eigenvalue weighted by Crippen LogP contribution is -2.24. The summed E-state index contributed by atoms with van der Waals surface area (Å²) in [5.41, 5.74) is 2.01. The van der Waals surface area contributed by atoms with Crippen LogP contribution in [0.4, 0.5) is 0 Å². The summed E-state index contributed by atoms with van der Waals surface area (Å²) < 4.78 is 4.75. The lowest BCUT2D eigenvalue weighted by Gasteiger charge is -2.17. The maximum atomic E-state index is 11.5. The second kappa shape index (κ2) is 7.40. The van der Waals surface area contributed by atoms with E-state index in [2.05, 4.69) is 10.3 Å². The van der Waals surface area contributed by atoms with Gasteiger partial charge in [-0.1, -0.05) is 36.4 Å².